The number of oxazole rings is 1. The minimum absolute atomic E-state index is 0.0283. The molecule has 32 heavy (non-hydrogen) atoms. The van der Waals surface area contributed by atoms with Crippen LogP contribution in [0.2, 0.25) is 0 Å². The van der Waals surface area contributed by atoms with Crippen LogP contribution in [0.1, 0.15) is 23.7 Å². The zero-order valence-electron chi connectivity index (χ0n) is 18.2. The second-order valence-electron chi connectivity index (χ2n) is 6.92. The molecule has 0 atom stereocenters. The predicted octanol–water partition coefficient (Wildman–Crippen LogP) is 4.52. The van der Waals surface area contributed by atoms with Crippen molar-refractivity contribution in [2.24, 2.45) is 4.99 Å². The molecule has 0 aliphatic heterocycles. The Hall–Kier alpha value is -3.62. The summed E-state index contributed by atoms with van der Waals surface area (Å²) < 4.78 is 40.4. The van der Waals surface area contributed by atoms with Gasteiger partial charge in [0.15, 0.2) is 17.5 Å². The summed E-state index contributed by atoms with van der Waals surface area (Å²) in [6.45, 7) is 2.35. The van der Waals surface area contributed by atoms with E-state index < -0.39 is 6.61 Å². The number of aromatic nitrogens is 1. The number of benzene rings is 2. The summed E-state index contributed by atoms with van der Waals surface area (Å²) in [5.74, 6) is 1.31. The van der Waals surface area contributed by atoms with Crippen LogP contribution < -0.4 is 20.1 Å². The van der Waals surface area contributed by atoms with Gasteiger partial charge in [0, 0.05) is 12.1 Å². The second-order valence-corrected chi connectivity index (χ2v) is 6.92. The molecule has 0 radical (unpaired) electrons. The summed E-state index contributed by atoms with van der Waals surface area (Å²) in [5, 5.41) is 6.33. The van der Waals surface area contributed by atoms with Crippen molar-refractivity contribution in [3.8, 4) is 23.0 Å². The van der Waals surface area contributed by atoms with Crippen molar-refractivity contribution >= 4 is 5.96 Å². The first-order chi connectivity index (χ1) is 15.5. The van der Waals surface area contributed by atoms with Crippen LogP contribution in [0.5, 0.6) is 11.5 Å². The van der Waals surface area contributed by atoms with Gasteiger partial charge in [0.25, 0.3) is 0 Å². The largest absolute Gasteiger partial charge is 0.493 e. The maximum absolute atomic E-state index is 12.6. The first kappa shape index (κ1) is 23.1. The fourth-order valence-electron chi connectivity index (χ4n) is 2.91. The van der Waals surface area contributed by atoms with E-state index >= 15 is 0 Å². The van der Waals surface area contributed by atoms with Gasteiger partial charge in [-0.2, -0.15) is 8.78 Å². The van der Waals surface area contributed by atoms with Gasteiger partial charge in [-0.1, -0.05) is 23.8 Å². The van der Waals surface area contributed by atoms with E-state index in [9.17, 15) is 8.78 Å². The highest BCUT2D eigenvalue weighted by Crippen LogP contribution is 2.29. The molecule has 0 saturated carbocycles. The molecular weight excluding hydrogens is 418 g/mol. The summed E-state index contributed by atoms with van der Waals surface area (Å²) in [4.78, 5) is 9.01. The Bertz CT molecular complexity index is 1040. The molecule has 3 rings (SSSR count). The number of nitrogens with zero attached hydrogens (tertiary/aromatic N) is 2. The van der Waals surface area contributed by atoms with E-state index in [1.807, 2.05) is 38.1 Å². The Labute approximate surface area is 185 Å². The minimum atomic E-state index is -2.94. The van der Waals surface area contributed by atoms with Crippen molar-refractivity contribution in [1.82, 2.24) is 15.6 Å². The monoisotopic (exact) mass is 444 g/mol. The van der Waals surface area contributed by atoms with Gasteiger partial charge in [-0.05, 0) is 43.7 Å². The van der Waals surface area contributed by atoms with E-state index in [1.54, 1.807) is 18.4 Å². The van der Waals surface area contributed by atoms with Crippen LogP contribution in [0.15, 0.2) is 58.1 Å². The van der Waals surface area contributed by atoms with E-state index in [4.69, 9.17) is 9.15 Å². The fraction of sp³-hybridized carbons (Fsp3) is 0.304. The first-order valence-electron chi connectivity index (χ1n) is 10.1. The summed E-state index contributed by atoms with van der Waals surface area (Å²) in [5.41, 5.74) is 3.49. The lowest BCUT2D eigenvalue weighted by Gasteiger charge is -2.12. The standard InChI is InChI=1S/C23H26F2N4O3/c1-4-26-23(27-12-16-7-10-19(30-3)20(11-16)32-22(24)25)28-13-18-14-31-21(29-18)17-8-5-15(2)6-9-17/h5-11,14,22H,4,12-13H2,1-3H3,(H2,26,27,28). The molecule has 1 heterocycles. The molecule has 0 fully saturated rings. The van der Waals surface area contributed by atoms with Crippen LogP contribution in [-0.2, 0) is 13.1 Å². The maximum Gasteiger partial charge on any atom is 0.387 e. The molecule has 9 heteroatoms. The summed E-state index contributed by atoms with van der Waals surface area (Å²) in [6, 6.07) is 12.7. The Morgan fingerprint density at radius 2 is 1.91 bits per heavy atom. The number of aryl methyl sites for hydroxylation is 1. The van der Waals surface area contributed by atoms with Crippen LogP contribution in [0.3, 0.4) is 0 Å². The third-order valence-corrected chi connectivity index (χ3v) is 4.50. The molecule has 0 unspecified atom stereocenters. The molecular formula is C23H26F2N4O3. The number of rotatable bonds is 9. The third-order valence-electron chi connectivity index (χ3n) is 4.50. The normalized spacial score (nSPS) is 11.5. The molecule has 7 nitrogen and oxygen atoms in total. The van der Waals surface area contributed by atoms with Crippen LogP contribution in [0.25, 0.3) is 11.5 Å². The van der Waals surface area contributed by atoms with Crippen molar-refractivity contribution in [2.75, 3.05) is 13.7 Å². The van der Waals surface area contributed by atoms with Crippen molar-refractivity contribution < 1.29 is 22.7 Å². The van der Waals surface area contributed by atoms with Gasteiger partial charge in [-0.25, -0.2) is 9.98 Å². The lowest BCUT2D eigenvalue weighted by Crippen LogP contribution is -2.36. The Kier molecular flexibility index (Phi) is 8.02. The average Bonchev–Trinajstić information content (AvgIpc) is 3.25. The number of ether oxygens (including phenoxy) is 2. The van der Waals surface area contributed by atoms with E-state index in [0.29, 0.717) is 30.5 Å². The molecule has 0 amide bonds. The number of hydrogen-bond donors (Lipinski definition) is 2. The molecule has 0 saturated heterocycles. The molecule has 2 N–H and O–H groups in total. The van der Waals surface area contributed by atoms with Crippen molar-refractivity contribution in [2.45, 2.75) is 33.5 Å². The smallest absolute Gasteiger partial charge is 0.387 e. The number of methoxy groups -OCH3 is 1. The van der Waals surface area contributed by atoms with Crippen molar-refractivity contribution in [3.63, 3.8) is 0 Å². The quantitative estimate of drug-likeness (QED) is 0.373. The second kappa shape index (κ2) is 11.1. The molecule has 0 spiro atoms. The Morgan fingerprint density at radius 1 is 1.12 bits per heavy atom. The Morgan fingerprint density at radius 3 is 2.59 bits per heavy atom. The van der Waals surface area contributed by atoms with Crippen molar-refractivity contribution in [1.29, 1.82) is 0 Å². The molecule has 1 aromatic heterocycles. The minimum Gasteiger partial charge on any atom is -0.493 e. The summed E-state index contributed by atoms with van der Waals surface area (Å²) >= 11 is 0. The summed E-state index contributed by atoms with van der Waals surface area (Å²) in [6.07, 6.45) is 1.60. The predicted molar refractivity (Wildman–Crippen MR) is 118 cm³/mol. The first-order valence-corrected chi connectivity index (χ1v) is 10.1. The van der Waals surface area contributed by atoms with E-state index in [2.05, 4.69) is 25.3 Å². The maximum atomic E-state index is 12.6. The van der Waals surface area contributed by atoms with Crippen LogP contribution in [0.4, 0.5) is 8.78 Å². The molecule has 2 aromatic carbocycles. The van der Waals surface area contributed by atoms with E-state index in [0.717, 1.165) is 11.3 Å². The highest BCUT2D eigenvalue weighted by Gasteiger charge is 2.12. The number of aliphatic imine (C=N–C) groups is 1. The zero-order chi connectivity index (χ0) is 22.9. The van der Waals surface area contributed by atoms with Gasteiger partial charge < -0.3 is 24.5 Å². The summed E-state index contributed by atoms with van der Waals surface area (Å²) in [7, 11) is 1.40. The number of nitrogens with one attached hydrogen (secondary N) is 2. The molecule has 0 aliphatic carbocycles. The third kappa shape index (κ3) is 6.44. The van der Waals surface area contributed by atoms with Crippen LogP contribution in [-0.4, -0.2) is 31.2 Å². The van der Waals surface area contributed by atoms with Gasteiger partial charge in [0.1, 0.15) is 6.26 Å². The number of hydrogen-bond acceptors (Lipinski definition) is 5. The number of alkyl halides is 2. The molecule has 3 aromatic rings. The average molecular weight is 444 g/mol. The molecule has 0 aliphatic rings. The van der Waals surface area contributed by atoms with Gasteiger partial charge >= 0.3 is 6.61 Å². The highest BCUT2D eigenvalue weighted by atomic mass is 19.3. The lowest BCUT2D eigenvalue weighted by atomic mass is 10.1. The number of halogens is 2. The fourth-order valence-corrected chi connectivity index (χ4v) is 2.91. The van der Waals surface area contributed by atoms with Gasteiger partial charge in [0.05, 0.1) is 25.9 Å². The van der Waals surface area contributed by atoms with Gasteiger partial charge in [0.2, 0.25) is 5.89 Å². The van der Waals surface area contributed by atoms with E-state index in [1.165, 1.54) is 18.7 Å². The van der Waals surface area contributed by atoms with E-state index in [-0.39, 0.29) is 18.0 Å². The molecule has 0 bridgehead atoms. The van der Waals surface area contributed by atoms with Crippen LogP contribution >= 0.6 is 0 Å². The SMILES string of the molecule is CCNC(=NCc1ccc(OC)c(OC(F)F)c1)NCc1coc(-c2ccc(C)cc2)n1. The topological polar surface area (TPSA) is 80.9 Å². The van der Waals surface area contributed by atoms with Gasteiger partial charge in [-0.15, -0.1) is 0 Å². The van der Waals surface area contributed by atoms with Crippen LogP contribution in [0, 0.1) is 6.92 Å². The molecule has 170 valence electrons. The highest BCUT2D eigenvalue weighted by molar-refractivity contribution is 5.79. The van der Waals surface area contributed by atoms with Crippen molar-refractivity contribution in [3.05, 3.63) is 65.5 Å². The Balaban J connectivity index is 1.65. The zero-order valence-corrected chi connectivity index (χ0v) is 18.2. The van der Waals surface area contributed by atoms with Gasteiger partial charge in [-0.3, -0.25) is 0 Å². The number of guanidine groups is 1. The lowest BCUT2D eigenvalue weighted by molar-refractivity contribution is -0.0512.